The molecule has 0 spiro atoms. The van der Waals surface area contributed by atoms with Crippen LogP contribution in [0.2, 0.25) is 0 Å². The summed E-state index contributed by atoms with van der Waals surface area (Å²) >= 11 is 0.511. The molecule has 0 aliphatic heterocycles. The summed E-state index contributed by atoms with van der Waals surface area (Å²) in [6.45, 7) is -0.573. The lowest BCUT2D eigenvalue weighted by Crippen LogP contribution is -2.43. The van der Waals surface area contributed by atoms with Gasteiger partial charge < -0.3 is 19.9 Å². The number of hydrogen-bond acceptors (Lipinski definition) is 14. The van der Waals surface area contributed by atoms with Gasteiger partial charge >= 0.3 is 17.4 Å². The number of amides is 1. The molecule has 0 bridgehead atoms. The predicted molar refractivity (Wildman–Crippen MR) is 81.7 cm³/mol. The molecule has 27 heavy (non-hydrogen) atoms. The number of alkyl carbamates (subject to hydrolysis) is 1. The Morgan fingerprint density at radius 1 is 0.889 bits per heavy atom. The summed E-state index contributed by atoms with van der Waals surface area (Å²) in [7, 11) is 0. The minimum absolute atomic E-state index is 0.103. The van der Waals surface area contributed by atoms with E-state index in [1.807, 2.05) is 5.32 Å². The van der Waals surface area contributed by atoms with Gasteiger partial charge in [-0.2, -0.15) is 0 Å². The zero-order valence-electron chi connectivity index (χ0n) is 13.9. The van der Waals surface area contributed by atoms with Gasteiger partial charge in [0.2, 0.25) is 0 Å². The molecule has 1 atom stereocenters. The van der Waals surface area contributed by atoms with E-state index in [-0.39, 0.29) is 45.0 Å². The average molecular weight is 419 g/mol. The highest BCUT2D eigenvalue weighted by Gasteiger charge is 2.22. The fourth-order valence-electron chi connectivity index (χ4n) is 1.28. The van der Waals surface area contributed by atoms with Crippen molar-refractivity contribution < 1.29 is 59.5 Å². The van der Waals surface area contributed by atoms with E-state index in [9.17, 15) is 14.4 Å². The molecular weight excluding hydrogens is 398 g/mol. The summed E-state index contributed by atoms with van der Waals surface area (Å²) in [6.07, 6.45) is -0.779. The summed E-state index contributed by atoms with van der Waals surface area (Å²) in [4.78, 5) is 42.4. The number of ether oxygens (including phenoxy) is 2. The number of carbonyl (C=O) groups is 3. The molecule has 0 saturated heterocycles. The maximum absolute atomic E-state index is 11.5. The molecule has 0 rings (SSSR count). The SMILES string of the molecule is O=C(NC(CSC(=O)OCCCON(O)O)C(=O)O)OCCCON(O)O. The largest absolute Gasteiger partial charge is 0.480 e. The van der Waals surface area contributed by atoms with Crippen molar-refractivity contribution in [1.82, 2.24) is 16.1 Å². The molecule has 15 nitrogen and oxygen atoms in total. The quantitative estimate of drug-likeness (QED) is 0.123. The van der Waals surface area contributed by atoms with E-state index in [2.05, 4.69) is 14.4 Å². The third-order valence-electron chi connectivity index (χ3n) is 2.40. The standard InChI is InChI=1S/C11H21N3O12S/c15-9(16)8(12-10(17)23-3-1-5-25-13(19)20)7-27-11(18)24-4-2-6-26-14(21)22/h8,19-22H,1-7H2,(H,12,17)(H,15,16). The van der Waals surface area contributed by atoms with Crippen molar-refractivity contribution in [1.29, 1.82) is 0 Å². The molecule has 0 aromatic rings. The summed E-state index contributed by atoms with van der Waals surface area (Å²) < 4.78 is 9.40. The zero-order chi connectivity index (χ0) is 20.7. The van der Waals surface area contributed by atoms with E-state index in [4.69, 9.17) is 30.7 Å². The number of carboxylic acid groups (broad SMARTS) is 1. The number of carbonyl (C=O) groups excluding carboxylic acids is 2. The number of rotatable bonds is 14. The molecule has 0 saturated carbocycles. The van der Waals surface area contributed by atoms with Gasteiger partial charge in [-0.05, 0) is 11.8 Å². The Balaban J connectivity index is 3.96. The minimum Gasteiger partial charge on any atom is -0.480 e. The van der Waals surface area contributed by atoms with Crippen LogP contribution in [0.4, 0.5) is 9.59 Å². The predicted octanol–water partition coefficient (Wildman–Crippen LogP) is -0.160. The van der Waals surface area contributed by atoms with Gasteiger partial charge in [0.05, 0.1) is 37.2 Å². The van der Waals surface area contributed by atoms with Crippen molar-refractivity contribution in [2.24, 2.45) is 0 Å². The topological polar surface area (TPSA) is 208 Å². The Hall–Kier alpha value is -1.76. The third-order valence-corrected chi connectivity index (χ3v) is 3.26. The summed E-state index contributed by atoms with van der Waals surface area (Å²) in [5.74, 6) is -1.72. The highest BCUT2D eigenvalue weighted by Crippen LogP contribution is 2.08. The summed E-state index contributed by atoms with van der Waals surface area (Å²) in [6, 6.07) is -1.42. The molecule has 158 valence electrons. The minimum atomic E-state index is -1.42. The van der Waals surface area contributed by atoms with Crippen molar-refractivity contribution in [3.63, 3.8) is 0 Å². The maximum atomic E-state index is 11.5. The van der Waals surface area contributed by atoms with Gasteiger partial charge in [-0.15, -0.1) is 0 Å². The number of hydrogen-bond donors (Lipinski definition) is 6. The molecule has 1 amide bonds. The Labute approximate surface area is 156 Å². The maximum Gasteiger partial charge on any atom is 0.407 e. The van der Waals surface area contributed by atoms with Gasteiger partial charge in [0, 0.05) is 18.6 Å². The molecule has 0 radical (unpaired) electrons. The lowest BCUT2D eigenvalue weighted by atomic mass is 10.3. The lowest BCUT2D eigenvalue weighted by Gasteiger charge is -2.14. The number of aliphatic carboxylic acids is 1. The van der Waals surface area contributed by atoms with Gasteiger partial charge in [-0.3, -0.25) is 30.5 Å². The number of nitrogens with zero attached hydrogens (tertiary/aromatic N) is 2. The van der Waals surface area contributed by atoms with E-state index in [0.717, 1.165) is 0 Å². The van der Waals surface area contributed by atoms with E-state index in [1.165, 1.54) is 0 Å². The first-order chi connectivity index (χ1) is 12.7. The van der Waals surface area contributed by atoms with Crippen LogP contribution in [0.1, 0.15) is 12.8 Å². The first-order valence-electron chi connectivity index (χ1n) is 7.29. The Morgan fingerprint density at radius 2 is 1.41 bits per heavy atom. The van der Waals surface area contributed by atoms with Crippen LogP contribution in [0.15, 0.2) is 0 Å². The van der Waals surface area contributed by atoms with Crippen LogP contribution in [0.3, 0.4) is 0 Å². The van der Waals surface area contributed by atoms with E-state index >= 15 is 0 Å². The molecule has 6 N–H and O–H groups in total. The number of carboxylic acids is 1. The first kappa shape index (κ1) is 25.2. The van der Waals surface area contributed by atoms with Crippen molar-refractivity contribution in [3.05, 3.63) is 0 Å². The Morgan fingerprint density at radius 3 is 1.89 bits per heavy atom. The summed E-state index contributed by atoms with van der Waals surface area (Å²) in [5, 5.41) is 42.3. The smallest absolute Gasteiger partial charge is 0.407 e. The van der Waals surface area contributed by atoms with Gasteiger partial charge in [0.15, 0.2) is 0 Å². The highest BCUT2D eigenvalue weighted by atomic mass is 32.2. The average Bonchev–Trinajstić information content (AvgIpc) is 2.57. The van der Waals surface area contributed by atoms with Crippen LogP contribution < -0.4 is 5.32 Å². The second kappa shape index (κ2) is 15.3. The molecular formula is C11H21N3O12S. The van der Waals surface area contributed by atoms with E-state index in [1.54, 1.807) is 0 Å². The molecule has 0 fully saturated rings. The molecule has 0 aromatic heterocycles. The highest BCUT2D eigenvalue weighted by molar-refractivity contribution is 8.13. The zero-order valence-corrected chi connectivity index (χ0v) is 14.7. The molecule has 0 aliphatic rings. The van der Waals surface area contributed by atoms with Gasteiger partial charge in [-0.25, -0.2) is 14.4 Å². The second-order valence-electron chi connectivity index (χ2n) is 4.46. The molecule has 1 unspecified atom stereocenters. The van der Waals surface area contributed by atoms with E-state index in [0.29, 0.717) is 11.8 Å². The first-order valence-corrected chi connectivity index (χ1v) is 8.28. The Kier molecular flexibility index (Phi) is 14.3. The van der Waals surface area contributed by atoms with E-state index < -0.39 is 34.2 Å². The van der Waals surface area contributed by atoms with Crippen molar-refractivity contribution in [3.8, 4) is 0 Å². The normalized spacial score (nSPS) is 12.1. The fraction of sp³-hybridized carbons (Fsp3) is 0.727. The van der Waals surface area contributed by atoms with Crippen LogP contribution in [0.5, 0.6) is 0 Å². The van der Waals surface area contributed by atoms with Gasteiger partial charge in [0.25, 0.3) is 0 Å². The van der Waals surface area contributed by atoms with Crippen LogP contribution in [0.25, 0.3) is 0 Å². The monoisotopic (exact) mass is 419 g/mol. The van der Waals surface area contributed by atoms with Crippen molar-refractivity contribution in [2.75, 3.05) is 32.2 Å². The number of thioether (sulfide) groups is 1. The van der Waals surface area contributed by atoms with Gasteiger partial charge in [0.1, 0.15) is 6.04 Å². The van der Waals surface area contributed by atoms with Gasteiger partial charge in [-0.1, -0.05) is 0 Å². The van der Waals surface area contributed by atoms with Crippen LogP contribution in [0, 0.1) is 0 Å². The fourth-order valence-corrected chi connectivity index (χ4v) is 1.98. The van der Waals surface area contributed by atoms with Crippen LogP contribution >= 0.6 is 11.8 Å². The lowest BCUT2D eigenvalue weighted by molar-refractivity contribution is -0.493. The molecule has 0 aromatic carbocycles. The second-order valence-corrected chi connectivity index (χ2v) is 5.41. The number of nitrogens with one attached hydrogen (secondary N) is 1. The van der Waals surface area contributed by atoms with Crippen molar-refractivity contribution >= 4 is 29.1 Å². The Bertz CT molecular complexity index is 452. The van der Waals surface area contributed by atoms with Crippen LogP contribution in [-0.4, -0.2) is 92.3 Å². The van der Waals surface area contributed by atoms with Crippen molar-refractivity contribution in [2.45, 2.75) is 18.9 Å². The molecule has 0 heterocycles. The summed E-state index contributed by atoms with van der Waals surface area (Å²) in [5.41, 5.74) is 0. The third kappa shape index (κ3) is 16.2. The molecule has 0 aliphatic carbocycles. The molecule has 16 heteroatoms. The van der Waals surface area contributed by atoms with Crippen LogP contribution in [-0.2, 0) is 23.9 Å².